The van der Waals surface area contributed by atoms with Gasteiger partial charge in [-0.1, -0.05) is 27.7 Å². The lowest BCUT2D eigenvalue weighted by atomic mass is 9.89. The molecule has 8 nitrogen and oxygen atoms in total. The molecule has 2 amide bonds. The van der Waals surface area contributed by atoms with E-state index in [4.69, 9.17) is 10.5 Å². The fraction of sp³-hybridized carbons (Fsp3) is 0.765. The summed E-state index contributed by atoms with van der Waals surface area (Å²) in [6.45, 7) is 6.76. The second-order valence-electron chi connectivity index (χ2n) is 7.45. The number of nitrogens with zero attached hydrogens (tertiary/aromatic N) is 2. The van der Waals surface area contributed by atoms with Crippen molar-refractivity contribution < 1.29 is 18.0 Å². The maximum absolute atomic E-state index is 12.1. The van der Waals surface area contributed by atoms with Crippen LogP contribution in [-0.4, -0.2) is 43.2 Å². The summed E-state index contributed by atoms with van der Waals surface area (Å²) < 4.78 is 24.1. The summed E-state index contributed by atoms with van der Waals surface area (Å²) in [6, 6.07) is 0. The summed E-state index contributed by atoms with van der Waals surface area (Å²) in [7, 11) is -2.26. The van der Waals surface area contributed by atoms with Crippen LogP contribution in [0.2, 0.25) is 0 Å². The second kappa shape index (κ2) is 11.8. The predicted octanol–water partition coefficient (Wildman–Crippen LogP) is 0.901. The molecule has 0 aliphatic rings. The van der Waals surface area contributed by atoms with Crippen molar-refractivity contribution in [3.05, 3.63) is 0 Å². The van der Waals surface area contributed by atoms with Gasteiger partial charge in [-0.15, -0.1) is 0 Å². The SMILES string of the molecule is CC(C)(CCS(=O)CCCS(=O)CCC(C)(C)C(=O)NC#N)C(=O)NC#N. The molecule has 0 spiro atoms. The van der Waals surface area contributed by atoms with E-state index in [1.165, 1.54) is 0 Å². The highest BCUT2D eigenvalue weighted by Gasteiger charge is 2.28. The first-order chi connectivity index (χ1) is 12.5. The van der Waals surface area contributed by atoms with Gasteiger partial charge in [0.05, 0.1) is 0 Å². The fourth-order valence-electron chi connectivity index (χ4n) is 1.99. The van der Waals surface area contributed by atoms with Crippen LogP contribution in [-0.2, 0) is 31.2 Å². The molecule has 10 heteroatoms. The van der Waals surface area contributed by atoms with Crippen molar-refractivity contribution in [3.8, 4) is 12.4 Å². The van der Waals surface area contributed by atoms with Crippen LogP contribution in [0.1, 0.15) is 47.0 Å². The minimum absolute atomic E-state index is 0.333. The minimum Gasteiger partial charge on any atom is -0.273 e. The quantitative estimate of drug-likeness (QED) is 0.358. The van der Waals surface area contributed by atoms with E-state index in [1.54, 1.807) is 40.1 Å². The number of carbonyl (C=O) groups excluding carboxylic acids is 2. The van der Waals surface area contributed by atoms with Crippen molar-refractivity contribution in [2.24, 2.45) is 10.8 Å². The largest absolute Gasteiger partial charge is 0.273 e. The highest BCUT2D eigenvalue weighted by Crippen LogP contribution is 2.22. The average Bonchev–Trinajstić information content (AvgIpc) is 2.59. The minimum atomic E-state index is -1.13. The predicted molar refractivity (Wildman–Crippen MR) is 105 cm³/mol. The van der Waals surface area contributed by atoms with Crippen molar-refractivity contribution in [1.29, 1.82) is 10.5 Å². The zero-order chi connectivity index (χ0) is 21.1. The molecular formula is C17H28N4O4S2. The molecule has 152 valence electrons. The number of amides is 2. The van der Waals surface area contributed by atoms with Gasteiger partial charge in [-0.05, 0) is 19.3 Å². The third-order valence-corrected chi connectivity index (χ3v) is 7.03. The molecule has 2 N–H and O–H groups in total. The zero-order valence-electron chi connectivity index (χ0n) is 16.3. The van der Waals surface area contributed by atoms with Gasteiger partial charge < -0.3 is 0 Å². The van der Waals surface area contributed by atoms with Crippen LogP contribution in [0.25, 0.3) is 0 Å². The lowest BCUT2D eigenvalue weighted by Crippen LogP contribution is -2.35. The first-order valence-corrected chi connectivity index (χ1v) is 11.5. The number of hydrogen-bond donors (Lipinski definition) is 2. The Morgan fingerprint density at radius 3 is 1.41 bits per heavy atom. The Morgan fingerprint density at radius 1 is 0.778 bits per heavy atom. The maximum atomic E-state index is 12.1. The van der Waals surface area contributed by atoms with Gasteiger partial charge in [-0.2, -0.15) is 10.5 Å². The molecule has 2 atom stereocenters. The Morgan fingerprint density at radius 2 is 1.11 bits per heavy atom. The summed E-state index contributed by atoms with van der Waals surface area (Å²) >= 11 is 0. The van der Waals surface area contributed by atoms with Crippen LogP contribution in [0.3, 0.4) is 0 Å². The lowest BCUT2D eigenvalue weighted by molar-refractivity contribution is -0.128. The molecule has 0 aromatic carbocycles. The molecule has 0 bridgehead atoms. The van der Waals surface area contributed by atoms with Crippen LogP contribution in [0.4, 0.5) is 0 Å². The lowest BCUT2D eigenvalue weighted by Gasteiger charge is -2.21. The molecule has 0 aromatic heterocycles. The van der Waals surface area contributed by atoms with E-state index in [1.807, 2.05) is 0 Å². The molecule has 0 radical (unpaired) electrons. The third kappa shape index (κ3) is 10.2. The Labute approximate surface area is 166 Å². The first kappa shape index (κ1) is 25.2. The smallest absolute Gasteiger partial charge is 0.238 e. The van der Waals surface area contributed by atoms with E-state index in [0.29, 0.717) is 42.3 Å². The van der Waals surface area contributed by atoms with Crippen molar-refractivity contribution >= 4 is 33.4 Å². The van der Waals surface area contributed by atoms with Crippen LogP contribution in [0, 0.1) is 33.7 Å². The molecule has 0 saturated carbocycles. The van der Waals surface area contributed by atoms with Gasteiger partial charge in [0.2, 0.25) is 11.8 Å². The Kier molecular flexibility index (Phi) is 11.1. The molecule has 0 aliphatic heterocycles. The summed E-state index contributed by atoms with van der Waals surface area (Å²) in [5, 5.41) is 21.2. The van der Waals surface area contributed by atoms with E-state index >= 15 is 0 Å². The Bertz CT molecular complexity index is 607. The maximum Gasteiger partial charge on any atom is 0.238 e. The van der Waals surface area contributed by atoms with E-state index in [0.717, 1.165) is 0 Å². The molecule has 2 unspecified atom stereocenters. The highest BCUT2D eigenvalue weighted by atomic mass is 32.2. The number of nitrogens with one attached hydrogen (secondary N) is 2. The van der Waals surface area contributed by atoms with Gasteiger partial charge in [0.1, 0.15) is 0 Å². The Balaban J connectivity index is 4.16. The van der Waals surface area contributed by atoms with E-state index < -0.39 is 44.2 Å². The highest BCUT2D eigenvalue weighted by molar-refractivity contribution is 7.85. The summed E-state index contributed by atoms with van der Waals surface area (Å²) in [5.41, 5.74) is -1.55. The van der Waals surface area contributed by atoms with E-state index in [2.05, 4.69) is 10.6 Å². The monoisotopic (exact) mass is 416 g/mol. The van der Waals surface area contributed by atoms with Gasteiger partial charge >= 0.3 is 0 Å². The number of hydrogen-bond acceptors (Lipinski definition) is 6. The topological polar surface area (TPSA) is 140 Å². The summed E-state index contributed by atoms with van der Waals surface area (Å²) in [5.74, 6) is 0.650. The molecule has 0 aliphatic carbocycles. The second-order valence-corrected chi connectivity index (χ2v) is 10.8. The Hall–Kier alpha value is -1.78. The normalized spacial score (nSPS) is 13.7. The van der Waals surface area contributed by atoms with Crippen LogP contribution in [0.5, 0.6) is 0 Å². The average molecular weight is 417 g/mol. The molecule has 0 rings (SSSR count). The number of nitriles is 2. The molecule has 0 fully saturated rings. The standard InChI is InChI=1S/C17H28N4O4S2/c1-16(2,14(22)20-12-18)6-10-26(24)8-5-9-27(25)11-7-17(3,4)15(23)21-13-19/h5-11H2,1-4H3,(H,20,22)(H,21,23). The van der Waals surface area contributed by atoms with Crippen molar-refractivity contribution in [3.63, 3.8) is 0 Å². The number of carbonyl (C=O) groups is 2. The molecule has 27 heavy (non-hydrogen) atoms. The molecule has 0 saturated heterocycles. The van der Waals surface area contributed by atoms with Crippen molar-refractivity contribution in [2.75, 3.05) is 23.0 Å². The number of rotatable bonds is 12. The van der Waals surface area contributed by atoms with Gasteiger partial charge in [0.25, 0.3) is 0 Å². The van der Waals surface area contributed by atoms with E-state index in [-0.39, 0.29) is 0 Å². The van der Waals surface area contributed by atoms with Crippen LogP contribution in [0.15, 0.2) is 0 Å². The first-order valence-electron chi connectivity index (χ1n) is 8.55. The van der Waals surface area contributed by atoms with Gasteiger partial charge in [0.15, 0.2) is 12.4 Å². The van der Waals surface area contributed by atoms with Gasteiger partial charge in [-0.3, -0.25) is 28.6 Å². The van der Waals surface area contributed by atoms with Crippen LogP contribution < -0.4 is 10.6 Å². The summed E-state index contributed by atoms with van der Waals surface area (Å²) in [6.07, 6.45) is 4.49. The van der Waals surface area contributed by atoms with Crippen molar-refractivity contribution in [1.82, 2.24) is 10.6 Å². The van der Waals surface area contributed by atoms with E-state index in [9.17, 15) is 18.0 Å². The third-order valence-electron chi connectivity index (χ3n) is 4.22. The van der Waals surface area contributed by atoms with Crippen LogP contribution >= 0.6 is 0 Å². The van der Waals surface area contributed by atoms with Gasteiger partial charge in [-0.25, -0.2) is 0 Å². The van der Waals surface area contributed by atoms with Crippen molar-refractivity contribution in [2.45, 2.75) is 47.0 Å². The summed E-state index contributed by atoms with van der Waals surface area (Å²) in [4.78, 5) is 23.4. The fourth-order valence-corrected chi connectivity index (χ4v) is 4.99. The molecule has 0 heterocycles. The van der Waals surface area contributed by atoms with Gasteiger partial charge in [0, 0.05) is 55.4 Å². The molecule has 0 aromatic rings. The zero-order valence-corrected chi connectivity index (χ0v) is 17.9. The molecular weight excluding hydrogens is 388 g/mol.